The lowest BCUT2D eigenvalue weighted by molar-refractivity contribution is 0.313. The first-order valence-electron chi connectivity index (χ1n) is 12.1. The molecule has 1 aromatic carbocycles. The molecule has 178 valence electrons. The van der Waals surface area contributed by atoms with E-state index in [1.165, 1.54) is 0 Å². The number of hydrogen-bond donors (Lipinski definition) is 3. The second kappa shape index (κ2) is 9.09. The van der Waals surface area contributed by atoms with Gasteiger partial charge in [-0.05, 0) is 42.9 Å². The Morgan fingerprint density at radius 3 is 2.66 bits per heavy atom. The summed E-state index contributed by atoms with van der Waals surface area (Å²) in [4.78, 5) is 22.1. The van der Waals surface area contributed by atoms with Crippen LogP contribution in [-0.2, 0) is 6.54 Å². The molecule has 0 radical (unpaired) electrons. The van der Waals surface area contributed by atoms with Gasteiger partial charge in [0.2, 0.25) is 0 Å². The lowest BCUT2D eigenvalue weighted by atomic mass is 10.0. The maximum absolute atomic E-state index is 5.00. The van der Waals surface area contributed by atoms with E-state index in [-0.39, 0.29) is 0 Å². The number of aromatic amines is 2. The van der Waals surface area contributed by atoms with Crippen molar-refractivity contribution in [1.82, 2.24) is 40.3 Å². The average Bonchev–Trinajstić information content (AvgIpc) is 3.51. The number of anilines is 1. The number of nitrogens with one attached hydrogen (secondary N) is 3. The molecule has 0 saturated carbocycles. The standard InChI is InChI=1S/C26H29N9/c1-3-27-12-17-10-19(14-28-13-17)18-4-5-21-20(11-18)24(33-32-21)26-30-22-15-29-16-23(25(22)31-26)35-8-6-34(2)7-9-35/h4-5,10-11,13-16,27H,3,6-9,12H2,1-2H3,(H,30,31)(H,32,33). The van der Waals surface area contributed by atoms with Crippen LogP contribution in [0.3, 0.4) is 0 Å². The van der Waals surface area contributed by atoms with Crippen LogP contribution in [0.15, 0.2) is 49.1 Å². The van der Waals surface area contributed by atoms with Crippen LogP contribution < -0.4 is 10.2 Å². The molecule has 0 unspecified atom stereocenters. The number of piperazine rings is 1. The zero-order chi connectivity index (χ0) is 23.8. The Morgan fingerprint density at radius 2 is 1.80 bits per heavy atom. The first-order valence-corrected chi connectivity index (χ1v) is 12.1. The number of rotatable bonds is 6. The maximum atomic E-state index is 5.00. The van der Waals surface area contributed by atoms with Crippen molar-refractivity contribution >= 4 is 27.6 Å². The van der Waals surface area contributed by atoms with E-state index in [9.17, 15) is 0 Å². The van der Waals surface area contributed by atoms with Gasteiger partial charge in [0.15, 0.2) is 5.82 Å². The Bertz CT molecular complexity index is 1480. The monoisotopic (exact) mass is 467 g/mol. The molecule has 3 N–H and O–H groups in total. The number of nitrogens with zero attached hydrogens (tertiary/aromatic N) is 6. The molecule has 35 heavy (non-hydrogen) atoms. The molecule has 9 nitrogen and oxygen atoms in total. The van der Waals surface area contributed by atoms with E-state index < -0.39 is 0 Å². The van der Waals surface area contributed by atoms with Crippen molar-refractivity contribution in [2.45, 2.75) is 13.5 Å². The molecule has 1 aliphatic heterocycles. The van der Waals surface area contributed by atoms with Crippen molar-refractivity contribution in [3.8, 4) is 22.6 Å². The Hall–Kier alpha value is -3.82. The summed E-state index contributed by atoms with van der Waals surface area (Å²) >= 11 is 0. The predicted molar refractivity (Wildman–Crippen MR) is 139 cm³/mol. The number of H-pyrrole nitrogens is 2. The molecule has 0 aliphatic carbocycles. The second-order valence-corrected chi connectivity index (χ2v) is 9.13. The van der Waals surface area contributed by atoms with E-state index in [2.05, 4.69) is 78.5 Å². The van der Waals surface area contributed by atoms with Gasteiger partial charge in [-0.1, -0.05) is 13.0 Å². The largest absolute Gasteiger partial charge is 0.366 e. The number of likely N-dealkylation sites (N-methyl/N-ethyl adjacent to an activating group) is 1. The van der Waals surface area contributed by atoms with E-state index in [0.29, 0.717) is 0 Å². The summed E-state index contributed by atoms with van der Waals surface area (Å²) < 4.78 is 0. The zero-order valence-corrected chi connectivity index (χ0v) is 20.0. The highest BCUT2D eigenvalue weighted by Gasteiger charge is 2.20. The molecule has 1 aliphatic rings. The first kappa shape index (κ1) is 21.7. The quantitative estimate of drug-likeness (QED) is 0.352. The predicted octanol–water partition coefficient (Wildman–Crippen LogP) is 3.42. The van der Waals surface area contributed by atoms with Crippen LogP contribution in [0.5, 0.6) is 0 Å². The van der Waals surface area contributed by atoms with Gasteiger partial charge in [-0.25, -0.2) is 4.98 Å². The maximum Gasteiger partial charge on any atom is 0.159 e. The number of benzene rings is 1. The summed E-state index contributed by atoms with van der Waals surface area (Å²) in [6, 6.07) is 8.52. The molecular weight excluding hydrogens is 438 g/mol. The third-order valence-electron chi connectivity index (χ3n) is 6.71. The molecule has 1 fully saturated rings. The average molecular weight is 468 g/mol. The van der Waals surface area contributed by atoms with E-state index in [0.717, 1.165) is 95.1 Å². The van der Waals surface area contributed by atoms with Crippen LogP contribution in [0.25, 0.3) is 44.6 Å². The number of aromatic nitrogens is 6. The summed E-state index contributed by atoms with van der Waals surface area (Å²) in [5.74, 6) is 0.741. The highest BCUT2D eigenvalue weighted by atomic mass is 15.3. The minimum absolute atomic E-state index is 0.741. The fourth-order valence-electron chi connectivity index (χ4n) is 4.70. The molecule has 0 atom stereocenters. The lowest BCUT2D eigenvalue weighted by Gasteiger charge is -2.33. The molecular formula is C26H29N9. The number of pyridine rings is 2. The molecule has 1 saturated heterocycles. The van der Waals surface area contributed by atoms with Gasteiger partial charge in [-0.15, -0.1) is 0 Å². The molecule has 6 rings (SSSR count). The molecule has 0 amide bonds. The Morgan fingerprint density at radius 1 is 0.943 bits per heavy atom. The van der Waals surface area contributed by atoms with Crippen molar-refractivity contribution < 1.29 is 0 Å². The summed E-state index contributed by atoms with van der Waals surface area (Å²) in [5.41, 5.74) is 8.05. The minimum Gasteiger partial charge on any atom is -0.366 e. The van der Waals surface area contributed by atoms with Crippen LogP contribution >= 0.6 is 0 Å². The van der Waals surface area contributed by atoms with Gasteiger partial charge in [0.05, 0.1) is 29.1 Å². The van der Waals surface area contributed by atoms with Crippen molar-refractivity contribution in [3.05, 3.63) is 54.6 Å². The van der Waals surface area contributed by atoms with E-state index >= 15 is 0 Å². The second-order valence-electron chi connectivity index (χ2n) is 9.13. The van der Waals surface area contributed by atoms with Gasteiger partial charge in [0, 0.05) is 56.1 Å². The van der Waals surface area contributed by atoms with Gasteiger partial charge in [-0.2, -0.15) is 5.10 Å². The Balaban J connectivity index is 1.38. The van der Waals surface area contributed by atoms with Crippen molar-refractivity contribution in [1.29, 1.82) is 0 Å². The van der Waals surface area contributed by atoms with Crippen molar-refractivity contribution in [2.24, 2.45) is 0 Å². The fourth-order valence-corrected chi connectivity index (χ4v) is 4.70. The molecule has 5 aromatic rings. The molecule has 0 spiro atoms. The number of fused-ring (bicyclic) bond motifs is 2. The van der Waals surface area contributed by atoms with Gasteiger partial charge >= 0.3 is 0 Å². The SMILES string of the molecule is CCNCc1cncc(-c2ccc3[nH]nc(-c4nc5c(N6CCN(C)CC6)cncc5[nH]4)c3c2)c1. The van der Waals surface area contributed by atoms with E-state index in [1.54, 1.807) is 0 Å². The summed E-state index contributed by atoms with van der Waals surface area (Å²) in [5, 5.41) is 12.2. The molecule has 5 heterocycles. The zero-order valence-electron chi connectivity index (χ0n) is 20.0. The van der Waals surface area contributed by atoms with Crippen LogP contribution in [0.1, 0.15) is 12.5 Å². The highest BCUT2D eigenvalue weighted by molar-refractivity contribution is 5.97. The van der Waals surface area contributed by atoms with Crippen LogP contribution in [0.4, 0.5) is 5.69 Å². The van der Waals surface area contributed by atoms with Crippen LogP contribution in [-0.4, -0.2) is 74.8 Å². The van der Waals surface area contributed by atoms with Crippen LogP contribution in [0, 0.1) is 0 Å². The van der Waals surface area contributed by atoms with E-state index in [4.69, 9.17) is 4.98 Å². The molecule has 4 aromatic heterocycles. The summed E-state index contributed by atoms with van der Waals surface area (Å²) in [6.45, 7) is 7.84. The number of imidazole rings is 1. The molecule has 0 bridgehead atoms. The summed E-state index contributed by atoms with van der Waals surface area (Å²) in [7, 11) is 2.16. The third kappa shape index (κ3) is 4.13. The van der Waals surface area contributed by atoms with Crippen molar-refractivity contribution in [3.63, 3.8) is 0 Å². The lowest BCUT2D eigenvalue weighted by Crippen LogP contribution is -2.44. The van der Waals surface area contributed by atoms with Gasteiger partial charge < -0.3 is 20.1 Å². The minimum atomic E-state index is 0.741. The topological polar surface area (TPSA) is 102 Å². The fraction of sp³-hybridized carbons (Fsp3) is 0.308. The smallest absolute Gasteiger partial charge is 0.159 e. The van der Waals surface area contributed by atoms with Gasteiger partial charge in [0.25, 0.3) is 0 Å². The van der Waals surface area contributed by atoms with Gasteiger partial charge in [0.1, 0.15) is 11.2 Å². The van der Waals surface area contributed by atoms with Crippen LogP contribution in [0.2, 0.25) is 0 Å². The Kier molecular flexibility index (Phi) is 5.63. The summed E-state index contributed by atoms with van der Waals surface area (Å²) in [6.07, 6.45) is 7.58. The van der Waals surface area contributed by atoms with Crippen molar-refractivity contribution in [2.75, 3.05) is 44.7 Å². The Labute approximate surface area is 203 Å². The third-order valence-corrected chi connectivity index (χ3v) is 6.71. The molecule has 9 heteroatoms. The highest BCUT2D eigenvalue weighted by Crippen LogP contribution is 2.32. The normalized spacial score (nSPS) is 14.9. The van der Waals surface area contributed by atoms with E-state index in [1.807, 2.05) is 24.8 Å². The van der Waals surface area contributed by atoms with Gasteiger partial charge in [-0.3, -0.25) is 15.1 Å². The number of hydrogen-bond acceptors (Lipinski definition) is 7. The first-order chi connectivity index (χ1) is 17.2.